The lowest BCUT2D eigenvalue weighted by molar-refractivity contribution is 0.318. The summed E-state index contributed by atoms with van der Waals surface area (Å²) in [6.07, 6.45) is 0. The molecule has 2 N–H and O–H groups in total. The SMILES string of the molecule is CCOc1cc(CNc2ccc(OC)c(Cl)c2)ccc1O. The van der Waals surface area contributed by atoms with E-state index >= 15 is 0 Å². The second-order valence-corrected chi connectivity index (χ2v) is 4.85. The number of phenolic OH excluding ortho intramolecular Hbond substituents is 1. The highest BCUT2D eigenvalue weighted by molar-refractivity contribution is 6.32. The molecule has 2 aromatic carbocycles. The number of hydrogen-bond donors (Lipinski definition) is 2. The molecule has 0 radical (unpaired) electrons. The molecule has 0 aliphatic carbocycles. The average Bonchev–Trinajstić information content (AvgIpc) is 2.48. The number of hydrogen-bond acceptors (Lipinski definition) is 4. The Morgan fingerprint density at radius 2 is 1.95 bits per heavy atom. The lowest BCUT2D eigenvalue weighted by atomic mass is 10.2. The number of aromatic hydroxyl groups is 1. The molecule has 0 heterocycles. The molecule has 0 fully saturated rings. The van der Waals surface area contributed by atoms with Crippen LogP contribution in [0.2, 0.25) is 5.02 Å². The van der Waals surface area contributed by atoms with E-state index < -0.39 is 0 Å². The van der Waals surface area contributed by atoms with Crippen LogP contribution in [0.3, 0.4) is 0 Å². The van der Waals surface area contributed by atoms with E-state index in [0.29, 0.717) is 29.7 Å². The molecule has 112 valence electrons. The highest BCUT2D eigenvalue weighted by atomic mass is 35.5. The zero-order valence-corrected chi connectivity index (χ0v) is 12.8. The number of ether oxygens (including phenoxy) is 2. The minimum Gasteiger partial charge on any atom is -0.504 e. The van der Waals surface area contributed by atoms with Gasteiger partial charge in [-0.15, -0.1) is 0 Å². The molecular formula is C16H18ClNO3. The predicted molar refractivity (Wildman–Crippen MR) is 84.6 cm³/mol. The maximum absolute atomic E-state index is 9.67. The second-order valence-electron chi connectivity index (χ2n) is 4.44. The highest BCUT2D eigenvalue weighted by Gasteiger charge is 2.05. The van der Waals surface area contributed by atoms with Crippen molar-refractivity contribution < 1.29 is 14.6 Å². The van der Waals surface area contributed by atoms with Crippen molar-refractivity contribution in [1.29, 1.82) is 0 Å². The van der Waals surface area contributed by atoms with Gasteiger partial charge in [0.05, 0.1) is 18.7 Å². The van der Waals surface area contributed by atoms with Gasteiger partial charge in [0.2, 0.25) is 0 Å². The van der Waals surface area contributed by atoms with Gasteiger partial charge in [-0.3, -0.25) is 0 Å². The molecule has 0 aliphatic heterocycles. The summed E-state index contributed by atoms with van der Waals surface area (Å²) in [7, 11) is 1.58. The van der Waals surface area contributed by atoms with Gasteiger partial charge in [0.15, 0.2) is 11.5 Å². The fourth-order valence-corrected chi connectivity index (χ4v) is 2.18. The normalized spacial score (nSPS) is 10.2. The quantitative estimate of drug-likeness (QED) is 0.845. The first-order chi connectivity index (χ1) is 10.1. The van der Waals surface area contributed by atoms with Gasteiger partial charge in [0.1, 0.15) is 5.75 Å². The fourth-order valence-electron chi connectivity index (χ4n) is 1.92. The van der Waals surface area contributed by atoms with Gasteiger partial charge in [-0.2, -0.15) is 0 Å². The van der Waals surface area contributed by atoms with Crippen molar-refractivity contribution in [2.45, 2.75) is 13.5 Å². The second kappa shape index (κ2) is 7.09. The summed E-state index contributed by atoms with van der Waals surface area (Å²) in [4.78, 5) is 0. The van der Waals surface area contributed by atoms with Gasteiger partial charge in [0.25, 0.3) is 0 Å². The lowest BCUT2D eigenvalue weighted by Gasteiger charge is -2.11. The molecule has 0 saturated carbocycles. The van der Waals surface area contributed by atoms with Gasteiger partial charge in [-0.1, -0.05) is 17.7 Å². The van der Waals surface area contributed by atoms with Crippen LogP contribution in [0.15, 0.2) is 36.4 Å². The molecule has 2 rings (SSSR count). The molecule has 21 heavy (non-hydrogen) atoms. The average molecular weight is 308 g/mol. The molecule has 0 aliphatic rings. The number of halogens is 1. The molecule has 4 nitrogen and oxygen atoms in total. The zero-order valence-electron chi connectivity index (χ0n) is 12.0. The van der Waals surface area contributed by atoms with E-state index in [4.69, 9.17) is 21.1 Å². The topological polar surface area (TPSA) is 50.7 Å². The van der Waals surface area contributed by atoms with Crippen molar-refractivity contribution in [2.75, 3.05) is 19.0 Å². The molecule has 0 atom stereocenters. The largest absolute Gasteiger partial charge is 0.504 e. The minimum atomic E-state index is 0.146. The Labute approximate surface area is 129 Å². The number of nitrogens with one attached hydrogen (secondary N) is 1. The number of methoxy groups -OCH3 is 1. The summed E-state index contributed by atoms with van der Waals surface area (Å²) >= 11 is 6.08. The zero-order chi connectivity index (χ0) is 15.2. The molecular weight excluding hydrogens is 290 g/mol. The Morgan fingerprint density at radius 1 is 1.14 bits per heavy atom. The van der Waals surface area contributed by atoms with Crippen molar-refractivity contribution in [1.82, 2.24) is 0 Å². The van der Waals surface area contributed by atoms with Crippen LogP contribution >= 0.6 is 11.6 Å². The molecule has 0 aromatic heterocycles. The van der Waals surface area contributed by atoms with E-state index in [1.807, 2.05) is 37.3 Å². The summed E-state index contributed by atoms with van der Waals surface area (Å²) in [6, 6.07) is 10.8. The van der Waals surface area contributed by atoms with E-state index in [-0.39, 0.29) is 5.75 Å². The van der Waals surface area contributed by atoms with E-state index in [0.717, 1.165) is 11.3 Å². The smallest absolute Gasteiger partial charge is 0.161 e. The molecule has 0 saturated heterocycles. The standard InChI is InChI=1S/C16H18ClNO3/c1-3-21-16-8-11(4-6-14(16)19)10-18-12-5-7-15(20-2)13(17)9-12/h4-9,18-19H,3,10H2,1-2H3. The minimum absolute atomic E-state index is 0.146. The molecule has 5 heteroatoms. The first-order valence-electron chi connectivity index (χ1n) is 6.66. The Kier molecular flexibility index (Phi) is 5.17. The Morgan fingerprint density at radius 3 is 2.62 bits per heavy atom. The Hall–Kier alpha value is -2.07. The molecule has 0 amide bonds. The van der Waals surface area contributed by atoms with Gasteiger partial charge >= 0.3 is 0 Å². The predicted octanol–water partition coefficient (Wildman–Crippen LogP) is 4.07. The summed E-state index contributed by atoms with van der Waals surface area (Å²) in [5.74, 6) is 1.28. The highest BCUT2D eigenvalue weighted by Crippen LogP contribution is 2.29. The summed E-state index contributed by atoms with van der Waals surface area (Å²) < 4.78 is 10.5. The van der Waals surface area contributed by atoms with E-state index in [2.05, 4.69) is 5.32 Å². The lowest BCUT2D eigenvalue weighted by Crippen LogP contribution is -2.00. The van der Waals surface area contributed by atoms with Crippen LogP contribution in [0.5, 0.6) is 17.2 Å². The number of phenols is 1. The van der Waals surface area contributed by atoms with Crippen molar-refractivity contribution >= 4 is 17.3 Å². The van der Waals surface area contributed by atoms with E-state index in [1.165, 1.54) is 0 Å². The molecule has 0 bridgehead atoms. The van der Waals surface area contributed by atoms with Gasteiger partial charge in [-0.25, -0.2) is 0 Å². The first-order valence-corrected chi connectivity index (χ1v) is 7.04. The number of rotatable bonds is 6. The summed E-state index contributed by atoms with van der Waals surface area (Å²) in [5.41, 5.74) is 1.90. The Balaban J connectivity index is 2.06. The van der Waals surface area contributed by atoms with Crippen LogP contribution < -0.4 is 14.8 Å². The van der Waals surface area contributed by atoms with E-state index in [1.54, 1.807) is 13.2 Å². The monoisotopic (exact) mass is 307 g/mol. The van der Waals surface area contributed by atoms with Gasteiger partial charge in [0, 0.05) is 12.2 Å². The van der Waals surface area contributed by atoms with Crippen molar-refractivity contribution in [2.24, 2.45) is 0 Å². The summed E-state index contributed by atoms with van der Waals surface area (Å²) in [6.45, 7) is 2.99. The van der Waals surface area contributed by atoms with Crippen LogP contribution in [0.1, 0.15) is 12.5 Å². The van der Waals surface area contributed by atoms with Crippen molar-refractivity contribution in [3.63, 3.8) is 0 Å². The first kappa shape index (κ1) is 15.3. The molecule has 0 unspecified atom stereocenters. The van der Waals surface area contributed by atoms with Crippen molar-refractivity contribution in [3.05, 3.63) is 47.0 Å². The maximum atomic E-state index is 9.67. The number of benzene rings is 2. The van der Waals surface area contributed by atoms with Crippen LogP contribution in [0.4, 0.5) is 5.69 Å². The van der Waals surface area contributed by atoms with Crippen molar-refractivity contribution in [3.8, 4) is 17.2 Å². The van der Waals surface area contributed by atoms with Gasteiger partial charge in [-0.05, 0) is 42.8 Å². The molecule has 0 spiro atoms. The van der Waals surface area contributed by atoms with E-state index in [9.17, 15) is 5.11 Å². The third-order valence-corrected chi connectivity index (χ3v) is 3.27. The van der Waals surface area contributed by atoms with Crippen LogP contribution in [0.25, 0.3) is 0 Å². The number of anilines is 1. The molecule has 2 aromatic rings. The summed E-state index contributed by atoms with van der Waals surface area (Å²) in [5, 5.41) is 13.5. The maximum Gasteiger partial charge on any atom is 0.161 e. The van der Waals surface area contributed by atoms with Crippen LogP contribution in [0, 0.1) is 0 Å². The van der Waals surface area contributed by atoms with Gasteiger partial charge < -0.3 is 19.9 Å². The Bertz CT molecular complexity index is 616. The van der Waals surface area contributed by atoms with Crippen LogP contribution in [-0.2, 0) is 6.54 Å². The third kappa shape index (κ3) is 3.95. The fraction of sp³-hybridized carbons (Fsp3) is 0.250. The van der Waals surface area contributed by atoms with Crippen LogP contribution in [-0.4, -0.2) is 18.8 Å². The third-order valence-electron chi connectivity index (χ3n) is 2.97.